The van der Waals surface area contributed by atoms with Crippen molar-refractivity contribution in [2.75, 3.05) is 5.32 Å². The Morgan fingerprint density at radius 3 is 2.74 bits per heavy atom. The number of hydrogen-bond donors (Lipinski definition) is 1. The molecule has 4 rings (SSSR count). The molecule has 6 nitrogen and oxygen atoms in total. The normalized spacial score (nSPS) is 20.9. The molecule has 1 N–H and O–H groups in total. The predicted molar refractivity (Wildman–Crippen MR) is 85.8 cm³/mol. The Morgan fingerprint density at radius 2 is 2.00 bits per heavy atom. The maximum absolute atomic E-state index is 8.80. The summed E-state index contributed by atoms with van der Waals surface area (Å²) < 4.78 is 2.20. The topological polar surface area (TPSA) is 79.4 Å². The van der Waals surface area contributed by atoms with Gasteiger partial charge in [-0.3, -0.25) is 4.68 Å². The maximum Gasteiger partial charge on any atom is 0.163 e. The minimum atomic E-state index is 0.184. The molecule has 2 aromatic heterocycles. The molecule has 0 radical (unpaired) electrons. The zero-order valence-corrected chi connectivity index (χ0v) is 13.1. The summed E-state index contributed by atoms with van der Waals surface area (Å²) in [6.07, 6.45) is 10.7. The summed E-state index contributed by atoms with van der Waals surface area (Å²) in [5.41, 5.74) is 2.86. The lowest BCUT2D eigenvalue weighted by Gasteiger charge is -2.22. The van der Waals surface area contributed by atoms with E-state index < -0.39 is 0 Å². The quantitative estimate of drug-likeness (QED) is 0.942. The average molecular weight is 308 g/mol. The number of anilines is 1. The number of aryl methyl sites for hydroxylation is 1. The molecule has 2 aromatic rings. The van der Waals surface area contributed by atoms with Crippen LogP contribution < -0.4 is 5.32 Å². The summed E-state index contributed by atoms with van der Waals surface area (Å²) in [5, 5.41) is 25.1. The van der Waals surface area contributed by atoms with Crippen molar-refractivity contribution in [3.63, 3.8) is 0 Å². The van der Waals surface area contributed by atoms with Crippen molar-refractivity contribution in [1.82, 2.24) is 20.0 Å². The minimum Gasteiger partial charge on any atom is -0.360 e. The average Bonchev–Trinajstić information content (AvgIpc) is 3.25. The van der Waals surface area contributed by atoms with Crippen molar-refractivity contribution in [2.24, 2.45) is 0 Å². The van der Waals surface area contributed by atoms with Gasteiger partial charge in [0.05, 0.1) is 17.8 Å². The van der Waals surface area contributed by atoms with Crippen molar-refractivity contribution in [3.05, 3.63) is 35.3 Å². The molecular formula is C17H20N6. The molecule has 1 atom stereocenters. The second-order valence-electron chi connectivity index (χ2n) is 6.46. The molecule has 118 valence electrons. The lowest BCUT2D eigenvalue weighted by Crippen LogP contribution is -2.18. The molecule has 0 amide bonds. The number of nitriles is 1. The smallest absolute Gasteiger partial charge is 0.163 e. The molecule has 0 aliphatic heterocycles. The highest BCUT2D eigenvalue weighted by Crippen LogP contribution is 2.34. The van der Waals surface area contributed by atoms with Crippen molar-refractivity contribution in [2.45, 2.75) is 57.0 Å². The van der Waals surface area contributed by atoms with E-state index in [0.29, 0.717) is 17.6 Å². The van der Waals surface area contributed by atoms with E-state index in [1.165, 1.54) is 31.2 Å². The number of nitrogens with zero attached hydrogens (tertiary/aromatic N) is 5. The molecule has 6 heteroatoms. The lowest BCUT2D eigenvalue weighted by molar-refractivity contribution is 0.459. The van der Waals surface area contributed by atoms with Crippen LogP contribution in [0.5, 0.6) is 0 Å². The number of rotatable bonds is 3. The molecule has 1 fully saturated rings. The summed E-state index contributed by atoms with van der Waals surface area (Å²) in [6.45, 7) is 0. The van der Waals surface area contributed by atoms with Crippen molar-refractivity contribution in [1.29, 1.82) is 5.26 Å². The lowest BCUT2D eigenvalue weighted by atomic mass is 9.94. The number of hydrogen-bond acceptors (Lipinski definition) is 5. The number of fused-ring (bicyclic) bond motifs is 1. The zero-order valence-electron chi connectivity index (χ0n) is 13.1. The van der Waals surface area contributed by atoms with Crippen LogP contribution in [-0.4, -0.2) is 20.0 Å². The van der Waals surface area contributed by atoms with E-state index in [0.717, 1.165) is 25.0 Å². The SMILES string of the molecule is N#Cc1ccc(N[C@@H]2CCCc3cn(C4CCCC4)nc32)nn1. The van der Waals surface area contributed by atoms with Crippen LogP contribution in [0.4, 0.5) is 5.82 Å². The van der Waals surface area contributed by atoms with E-state index in [-0.39, 0.29) is 6.04 Å². The van der Waals surface area contributed by atoms with E-state index in [9.17, 15) is 0 Å². The largest absolute Gasteiger partial charge is 0.360 e. The van der Waals surface area contributed by atoms with Crippen LogP contribution in [0.1, 0.15) is 67.6 Å². The first-order valence-corrected chi connectivity index (χ1v) is 8.42. The first kappa shape index (κ1) is 14.2. The summed E-state index contributed by atoms with van der Waals surface area (Å²) >= 11 is 0. The molecule has 0 unspecified atom stereocenters. The van der Waals surface area contributed by atoms with Gasteiger partial charge < -0.3 is 5.32 Å². The predicted octanol–water partition coefficient (Wildman–Crippen LogP) is 3.15. The van der Waals surface area contributed by atoms with E-state index in [1.54, 1.807) is 6.07 Å². The second-order valence-corrected chi connectivity index (χ2v) is 6.46. The molecule has 0 spiro atoms. The van der Waals surface area contributed by atoms with Gasteiger partial charge in [-0.2, -0.15) is 10.4 Å². The van der Waals surface area contributed by atoms with Gasteiger partial charge in [0.25, 0.3) is 0 Å². The third-order valence-corrected chi connectivity index (χ3v) is 4.91. The van der Waals surface area contributed by atoms with Crippen LogP contribution in [0, 0.1) is 11.3 Å². The fraction of sp³-hybridized carbons (Fsp3) is 0.529. The minimum absolute atomic E-state index is 0.184. The molecule has 1 saturated carbocycles. The van der Waals surface area contributed by atoms with Crippen LogP contribution in [0.3, 0.4) is 0 Å². The number of aromatic nitrogens is 4. The molecular weight excluding hydrogens is 288 g/mol. The Morgan fingerprint density at radius 1 is 1.13 bits per heavy atom. The summed E-state index contributed by atoms with van der Waals surface area (Å²) in [7, 11) is 0. The van der Waals surface area contributed by atoms with Gasteiger partial charge in [0, 0.05) is 6.20 Å². The Kier molecular flexibility index (Phi) is 3.70. The molecule has 23 heavy (non-hydrogen) atoms. The van der Waals surface area contributed by atoms with E-state index >= 15 is 0 Å². The van der Waals surface area contributed by atoms with Crippen molar-refractivity contribution >= 4 is 5.82 Å². The van der Waals surface area contributed by atoms with Gasteiger partial charge in [0.15, 0.2) is 5.69 Å². The first-order valence-electron chi connectivity index (χ1n) is 8.42. The Labute approximate surface area is 135 Å². The molecule has 2 heterocycles. The van der Waals surface area contributed by atoms with Crippen LogP contribution in [0.15, 0.2) is 18.3 Å². The van der Waals surface area contributed by atoms with Gasteiger partial charge in [-0.15, -0.1) is 10.2 Å². The van der Waals surface area contributed by atoms with E-state index in [4.69, 9.17) is 10.4 Å². The van der Waals surface area contributed by atoms with Crippen LogP contribution in [-0.2, 0) is 6.42 Å². The third kappa shape index (κ3) is 2.79. The molecule has 2 aliphatic rings. The van der Waals surface area contributed by atoms with Gasteiger partial charge >= 0.3 is 0 Å². The Hall–Kier alpha value is -2.42. The molecule has 0 bridgehead atoms. The monoisotopic (exact) mass is 308 g/mol. The molecule has 0 saturated heterocycles. The second kappa shape index (κ2) is 5.99. The Balaban J connectivity index is 1.55. The van der Waals surface area contributed by atoms with E-state index in [1.807, 2.05) is 12.1 Å². The summed E-state index contributed by atoms with van der Waals surface area (Å²) in [6, 6.07) is 6.26. The fourth-order valence-electron chi connectivity index (χ4n) is 3.71. The fourth-order valence-corrected chi connectivity index (χ4v) is 3.71. The van der Waals surface area contributed by atoms with E-state index in [2.05, 4.69) is 26.4 Å². The van der Waals surface area contributed by atoms with Gasteiger partial charge in [-0.25, -0.2) is 0 Å². The summed E-state index contributed by atoms with van der Waals surface area (Å²) in [4.78, 5) is 0. The molecule has 0 aromatic carbocycles. The van der Waals surface area contributed by atoms with Crippen LogP contribution >= 0.6 is 0 Å². The van der Waals surface area contributed by atoms with Gasteiger partial charge in [0.2, 0.25) is 0 Å². The summed E-state index contributed by atoms with van der Waals surface area (Å²) in [5.74, 6) is 0.706. The van der Waals surface area contributed by atoms with Crippen LogP contribution in [0.25, 0.3) is 0 Å². The van der Waals surface area contributed by atoms with Gasteiger partial charge in [-0.1, -0.05) is 12.8 Å². The highest BCUT2D eigenvalue weighted by Gasteiger charge is 2.27. The molecule has 2 aliphatic carbocycles. The van der Waals surface area contributed by atoms with Crippen LogP contribution in [0.2, 0.25) is 0 Å². The first-order chi connectivity index (χ1) is 11.3. The third-order valence-electron chi connectivity index (χ3n) is 4.91. The van der Waals surface area contributed by atoms with Crippen molar-refractivity contribution in [3.8, 4) is 6.07 Å². The Bertz CT molecular complexity index is 721. The zero-order chi connectivity index (χ0) is 15.6. The number of nitrogens with one attached hydrogen (secondary N) is 1. The van der Waals surface area contributed by atoms with Gasteiger partial charge in [-0.05, 0) is 49.8 Å². The van der Waals surface area contributed by atoms with Crippen molar-refractivity contribution < 1.29 is 0 Å². The highest BCUT2D eigenvalue weighted by molar-refractivity contribution is 5.39. The van der Waals surface area contributed by atoms with Gasteiger partial charge in [0.1, 0.15) is 11.9 Å². The maximum atomic E-state index is 8.80. The highest BCUT2D eigenvalue weighted by atomic mass is 15.3. The standard InChI is InChI=1S/C17H20N6/c18-10-13-8-9-16(21-20-13)19-15-7-3-4-12-11-23(22-17(12)15)14-5-1-2-6-14/h8-9,11,14-15H,1-7H2,(H,19,21)/t15-/m1/s1.